The Morgan fingerprint density at radius 3 is 2.61 bits per heavy atom. The number of amides is 2. The molecule has 0 aliphatic carbocycles. The van der Waals surface area contributed by atoms with Crippen molar-refractivity contribution in [3.05, 3.63) is 17.5 Å². The minimum atomic E-state index is -3.37. The number of ether oxygens (including phenoxy) is 1. The first-order valence-electron chi connectivity index (χ1n) is 8.76. The van der Waals surface area contributed by atoms with Crippen molar-refractivity contribution in [1.29, 1.82) is 0 Å². The van der Waals surface area contributed by atoms with Crippen molar-refractivity contribution in [3.8, 4) is 0 Å². The summed E-state index contributed by atoms with van der Waals surface area (Å²) in [6.45, 7) is 8.91. The van der Waals surface area contributed by atoms with E-state index in [4.69, 9.17) is 9.88 Å². The Morgan fingerprint density at radius 1 is 1.36 bits per heavy atom. The van der Waals surface area contributed by atoms with Crippen molar-refractivity contribution in [3.63, 3.8) is 0 Å². The van der Waals surface area contributed by atoms with Gasteiger partial charge in [-0.05, 0) is 44.2 Å². The van der Waals surface area contributed by atoms with Crippen LogP contribution in [0.5, 0.6) is 0 Å². The summed E-state index contributed by atoms with van der Waals surface area (Å²) in [7, 11) is -3.37. The molecule has 0 aliphatic heterocycles. The minimum absolute atomic E-state index is 0.163. The second-order valence-corrected chi connectivity index (χ2v) is 11.4. The van der Waals surface area contributed by atoms with Crippen molar-refractivity contribution in [2.75, 3.05) is 0 Å². The van der Waals surface area contributed by atoms with Gasteiger partial charge in [0.1, 0.15) is 9.81 Å². The third kappa shape index (κ3) is 5.94. The summed E-state index contributed by atoms with van der Waals surface area (Å²) in [4.78, 5) is 28.3. The molecule has 154 valence electrons. The maximum atomic E-state index is 12.9. The second kappa shape index (κ2) is 8.81. The smallest absolute Gasteiger partial charge is 0.433 e. The molecule has 2 aromatic rings. The van der Waals surface area contributed by atoms with E-state index in [0.29, 0.717) is 10.6 Å². The molecular formula is C18H25N3O4S3. The summed E-state index contributed by atoms with van der Waals surface area (Å²) in [5.41, 5.74) is -0.688. The molecule has 2 rings (SSSR count). The summed E-state index contributed by atoms with van der Waals surface area (Å²) < 4.78 is 24.1. The highest BCUT2D eigenvalue weighted by molar-refractivity contribution is 7.94. The van der Waals surface area contributed by atoms with Crippen molar-refractivity contribution in [2.24, 2.45) is 26.3 Å². The first kappa shape index (κ1) is 22.7. The van der Waals surface area contributed by atoms with Crippen LogP contribution in [0.15, 0.2) is 31.1 Å². The number of hydrogen-bond acceptors (Lipinski definition) is 6. The Balaban J connectivity index is 2.29. The lowest BCUT2D eigenvalue weighted by Gasteiger charge is -2.18. The van der Waals surface area contributed by atoms with Crippen LogP contribution < -0.4 is 5.14 Å². The van der Waals surface area contributed by atoms with Crippen molar-refractivity contribution in [2.45, 2.75) is 50.8 Å². The lowest BCUT2D eigenvalue weighted by Crippen LogP contribution is -2.26. The van der Waals surface area contributed by atoms with Crippen molar-refractivity contribution in [1.82, 2.24) is 0 Å². The average Bonchev–Trinajstić information content (AvgIpc) is 3.14. The molecule has 0 aromatic carbocycles. The van der Waals surface area contributed by atoms with Crippen LogP contribution in [0, 0.1) is 11.8 Å². The number of nitrogens with two attached hydrogens (primary N) is 1. The molecule has 2 heterocycles. The van der Waals surface area contributed by atoms with Gasteiger partial charge in [-0.15, -0.1) is 27.0 Å². The number of hydrogen-bond donors (Lipinski definition) is 1. The van der Waals surface area contributed by atoms with Gasteiger partial charge < -0.3 is 4.74 Å². The Morgan fingerprint density at radius 2 is 2.04 bits per heavy atom. The molecule has 0 aliphatic rings. The fraction of sp³-hybridized carbons (Fsp3) is 0.500. The van der Waals surface area contributed by atoms with Crippen LogP contribution in [0.4, 0.5) is 4.79 Å². The molecule has 3 atom stereocenters. The SMILES string of the molecule is CC[C@H](C)C(C=NC(=O)OC(C)(C)C)C(=O)N=S(N)(=O)c1cc2sccc2s1. The van der Waals surface area contributed by atoms with E-state index in [1.165, 1.54) is 28.9 Å². The Bertz CT molecular complexity index is 978. The predicted molar refractivity (Wildman–Crippen MR) is 115 cm³/mol. The molecule has 28 heavy (non-hydrogen) atoms. The monoisotopic (exact) mass is 443 g/mol. The summed E-state index contributed by atoms with van der Waals surface area (Å²) in [6.07, 6.45) is 1.07. The topological polar surface area (TPSA) is 111 Å². The molecule has 0 spiro atoms. The summed E-state index contributed by atoms with van der Waals surface area (Å²) in [6, 6.07) is 3.61. The first-order valence-corrected chi connectivity index (χ1v) is 12.0. The van der Waals surface area contributed by atoms with Gasteiger partial charge in [-0.3, -0.25) is 4.79 Å². The lowest BCUT2D eigenvalue weighted by atomic mass is 9.92. The van der Waals surface area contributed by atoms with E-state index in [-0.39, 0.29) is 5.92 Å². The number of aliphatic imine (C=N–C) groups is 1. The Hall–Kier alpha value is -1.62. The second-order valence-electron chi connectivity index (χ2n) is 7.38. The zero-order valence-corrected chi connectivity index (χ0v) is 19.0. The van der Waals surface area contributed by atoms with Gasteiger partial charge in [-0.1, -0.05) is 20.3 Å². The maximum absolute atomic E-state index is 12.9. The highest BCUT2D eigenvalue weighted by atomic mass is 32.2. The first-order chi connectivity index (χ1) is 12.9. The van der Waals surface area contributed by atoms with Gasteiger partial charge >= 0.3 is 6.09 Å². The molecule has 0 radical (unpaired) electrons. The molecular weight excluding hydrogens is 418 g/mol. The predicted octanol–water partition coefficient (Wildman–Crippen LogP) is 4.86. The summed E-state index contributed by atoms with van der Waals surface area (Å²) in [5, 5.41) is 7.83. The summed E-state index contributed by atoms with van der Waals surface area (Å²) in [5.74, 6) is -1.64. The van der Waals surface area contributed by atoms with Crippen LogP contribution >= 0.6 is 22.7 Å². The fourth-order valence-electron chi connectivity index (χ4n) is 2.26. The molecule has 2 N–H and O–H groups in total. The van der Waals surface area contributed by atoms with Gasteiger partial charge in [0.25, 0.3) is 5.91 Å². The van der Waals surface area contributed by atoms with Crippen LogP contribution in [0.1, 0.15) is 41.0 Å². The van der Waals surface area contributed by atoms with Crippen LogP contribution in [-0.4, -0.2) is 28.0 Å². The van der Waals surface area contributed by atoms with E-state index in [1.807, 2.05) is 25.3 Å². The molecule has 2 aromatic heterocycles. The average molecular weight is 444 g/mol. The van der Waals surface area contributed by atoms with Crippen LogP contribution in [0.25, 0.3) is 9.40 Å². The molecule has 0 saturated heterocycles. The van der Waals surface area contributed by atoms with Gasteiger partial charge in [0.2, 0.25) is 0 Å². The van der Waals surface area contributed by atoms with Gasteiger partial charge in [-0.25, -0.2) is 14.1 Å². The quantitative estimate of drug-likeness (QED) is 0.665. The van der Waals surface area contributed by atoms with E-state index in [0.717, 1.165) is 9.40 Å². The fourth-order valence-corrected chi connectivity index (χ4v) is 5.80. The number of rotatable bonds is 5. The molecule has 0 bridgehead atoms. The van der Waals surface area contributed by atoms with Gasteiger partial charge in [0.05, 0.1) is 5.92 Å². The van der Waals surface area contributed by atoms with E-state index in [9.17, 15) is 13.8 Å². The third-order valence-electron chi connectivity index (χ3n) is 3.91. The largest absolute Gasteiger partial charge is 0.442 e. The Labute approximate surface area is 173 Å². The van der Waals surface area contributed by atoms with Gasteiger partial charge in [0.15, 0.2) is 9.92 Å². The molecule has 10 heteroatoms. The van der Waals surface area contributed by atoms with Crippen LogP contribution in [0.3, 0.4) is 0 Å². The highest BCUT2D eigenvalue weighted by Gasteiger charge is 2.25. The van der Waals surface area contributed by atoms with Crippen LogP contribution in [0.2, 0.25) is 0 Å². The molecule has 2 unspecified atom stereocenters. The number of fused-ring (bicyclic) bond motifs is 1. The van der Waals surface area contributed by atoms with Crippen molar-refractivity contribution >= 4 is 60.2 Å². The highest BCUT2D eigenvalue weighted by Crippen LogP contribution is 2.33. The number of nitrogens with zero attached hydrogens (tertiary/aromatic N) is 2. The maximum Gasteiger partial charge on any atom is 0.433 e. The third-order valence-corrected chi connectivity index (χ3v) is 7.91. The zero-order valence-electron chi connectivity index (χ0n) is 16.5. The molecule has 0 saturated carbocycles. The van der Waals surface area contributed by atoms with E-state index < -0.39 is 33.4 Å². The number of thiophene rings is 2. The molecule has 2 amide bonds. The minimum Gasteiger partial charge on any atom is -0.442 e. The number of carbonyl (C=O) groups excluding carboxylic acids is 2. The Kier molecular flexibility index (Phi) is 7.13. The lowest BCUT2D eigenvalue weighted by molar-refractivity contribution is -0.120. The van der Waals surface area contributed by atoms with Crippen LogP contribution in [-0.2, 0) is 19.4 Å². The molecule has 0 fully saturated rings. The van der Waals surface area contributed by atoms with Crippen molar-refractivity contribution < 1.29 is 18.5 Å². The van der Waals surface area contributed by atoms with E-state index >= 15 is 0 Å². The zero-order chi connectivity index (χ0) is 21.1. The summed E-state index contributed by atoms with van der Waals surface area (Å²) >= 11 is 2.76. The number of carbonyl (C=O) groups is 2. The van der Waals surface area contributed by atoms with Gasteiger partial charge in [-0.2, -0.15) is 4.99 Å². The van der Waals surface area contributed by atoms with Gasteiger partial charge in [0, 0.05) is 15.6 Å². The normalized spacial score (nSPS) is 16.6. The van der Waals surface area contributed by atoms with E-state index in [2.05, 4.69) is 9.36 Å². The molecule has 7 nitrogen and oxygen atoms in total. The standard InChI is InChI=1S/C18H25N3O4S3/c1-6-11(2)12(10-20-17(23)25-18(3,4)5)16(22)21-28(19,24)15-9-14-13(27-15)7-8-26-14/h7-12H,6H2,1-5H3,(H2,19,21,22,24)/t11-,12?,28?/m0/s1. The van der Waals surface area contributed by atoms with E-state index in [1.54, 1.807) is 26.8 Å².